The normalized spacial score (nSPS) is 12.2. The SMILES string of the molecule is COc1cc(-c2cc3cc4nc(cc5ccc(cc6nc(cc2[nH]3)C=C6)[nH]5)C=C4)cc(OC)c1Br. The van der Waals surface area contributed by atoms with Crippen molar-refractivity contribution in [3.05, 3.63) is 81.8 Å². The molecule has 3 aromatic heterocycles. The molecule has 6 rings (SSSR count). The fourth-order valence-electron chi connectivity index (χ4n) is 4.28. The predicted octanol–water partition coefficient (Wildman–Crippen LogP) is 7.10. The second-order valence-corrected chi connectivity index (χ2v) is 9.08. The number of nitrogens with zero attached hydrogens (tertiary/aromatic N) is 2. The Morgan fingerprint density at radius 1 is 0.629 bits per heavy atom. The molecule has 172 valence electrons. The van der Waals surface area contributed by atoms with E-state index in [9.17, 15) is 0 Å². The Morgan fingerprint density at radius 2 is 1.14 bits per heavy atom. The molecule has 7 heteroatoms. The van der Waals surface area contributed by atoms with Crippen molar-refractivity contribution in [2.24, 2.45) is 0 Å². The van der Waals surface area contributed by atoms with E-state index in [-0.39, 0.29) is 0 Å². The molecule has 2 aliphatic heterocycles. The number of hydrogen-bond acceptors (Lipinski definition) is 4. The molecule has 0 saturated heterocycles. The van der Waals surface area contributed by atoms with Crippen LogP contribution in [0.5, 0.6) is 11.5 Å². The monoisotopic (exact) mass is 524 g/mol. The molecule has 0 radical (unpaired) electrons. The lowest BCUT2D eigenvalue weighted by atomic mass is 10.1. The lowest BCUT2D eigenvalue weighted by Crippen LogP contribution is -1.91. The topological polar surface area (TPSA) is 75.8 Å². The van der Waals surface area contributed by atoms with Crippen molar-refractivity contribution >= 4 is 62.3 Å². The largest absolute Gasteiger partial charge is 0.495 e. The highest BCUT2D eigenvalue weighted by Crippen LogP contribution is 2.40. The Balaban J connectivity index is 1.65. The molecule has 8 bridgehead atoms. The number of nitrogens with one attached hydrogen (secondary N) is 2. The van der Waals surface area contributed by atoms with Crippen LogP contribution in [0.1, 0.15) is 22.8 Å². The van der Waals surface area contributed by atoms with E-state index in [4.69, 9.17) is 19.4 Å². The van der Waals surface area contributed by atoms with E-state index < -0.39 is 0 Å². The molecule has 0 spiro atoms. The molecule has 1 aromatic carbocycles. The van der Waals surface area contributed by atoms with Crippen molar-refractivity contribution in [2.45, 2.75) is 0 Å². The van der Waals surface area contributed by atoms with Gasteiger partial charge in [-0.1, -0.05) is 0 Å². The van der Waals surface area contributed by atoms with Gasteiger partial charge in [-0.3, -0.25) is 0 Å². The van der Waals surface area contributed by atoms with Crippen LogP contribution in [0.15, 0.2) is 59.1 Å². The Kier molecular flexibility index (Phi) is 5.26. The maximum Gasteiger partial charge on any atom is 0.137 e. The molecule has 0 atom stereocenters. The zero-order valence-electron chi connectivity index (χ0n) is 19.1. The van der Waals surface area contributed by atoms with Gasteiger partial charge in [-0.25, -0.2) is 9.97 Å². The van der Waals surface area contributed by atoms with Gasteiger partial charge in [0.05, 0.1) is 37.0 Å². The van der Waals surface area contributed by atoms with Crippen LogP contribution in [0.2, 0.25) is 0 Å². The highest BCUT2D eigenvalue weighted by molar-refractivity contribution is 9.10. The molecule has 0 saturated carbocycles. The van der Waals surface area contributed by atoms with E-state index in [1.54, 1.807) is 14.2 Å². The number of aromatic amines is 2. The molecule has 5 heterocycles. The van der Waals surface area contributed by atoms with Crippen LogP contribution in [-0.4, -0.2) is 34.2 Å². The fourth-order valence-corrected chi connectivity index (χ4v) is 4.83. The van der Waals surface area contributed by atoms with Crippen LogP contribution in [-0.2, 0) is 0 Å². The van der Waals surface area contributed by atoms with Crippen LogP contribution in [0, 0.1) is 0 Å². The minimum Gasteiger partial charge on any atom is -0.495 e. The second kappa shape index (κ2) is 8.60. The number of fused-ring (bicyclic) bond motifs is 8. The van der Waals surface area contributed by atoms with Gasteiger partial charge >= 0.3 is 0 Å². The fraction of sp³-hybridized carbons (Fsp3) is 0.0714. The zero-order valence-corrected chi connectivity index (χ0v) is 20.7. The zero-order chi connectivity index (χ0) is 23.9. The minimum atomic E-state index is 0.696. The molecule has 35 heavy (non-hydrogen) atoms. The number of methoxy groups -OCH3 is 2. The average molecular weight is 525 g/mol. The number of rotatable bonds is 3. The molecule has 2 N–H and O–H groups in total. The molecule has 0 fully saturated rings. The number of ether oxygens (including phenoxy) is 2. The van der Waals surface area contributed by atoms with E-state index in [2.05, 4.69) is 38.0 Å². The van der Waals surface area contributed by atoms with Crippen molar-refractivity contribution < 1.29 is 9.47 Å². The third-order valence-electron chi connectivity index (χ3n) is 5.93. The first-order valence-corrected chi connectivity index (χ1v) is 11.9. The molecule has 0 unspecified atom stereocenters. The van der Waals surface area contributed by atoms with Gasteiger partial charge in [0, 0.05) is 27.6 Å². The number of aromatic nitrogens is 4. The number of H-pyrrole nitrogens is 2. The summed E-state index contributed by atoms with van der Waals surface area (Å²) in [5.74, 6) is 1.39. The number of hydrogen-bond donors (Lipinski definition) is 2. The van der Waals surface area contributed by atoms with E-state index in [1.807, 2.05) is 66.8 Å². The predicted molar refractivity (Wildman–Crippen MR) is 145 cm³/mol. The smallest absolute Gasteiger partial charge is 0.137 e. The average Bonchev–Trinajstić information content (AvgIpc) is 3.64. The lowest BCUT2D eigenvalue weighted by Gasteiger charge is -2.11. The summed E-state index contributed by atoms with van der Waals surface area (Å²) in [6, 6.07) is 18.3. The molecular weight excluding hydrogens is 504 g/mol. The molecule has 6 nitrogen and oxygen atoms in total. The molecule has 0 aliphatic carbocycles. The Morgan fingerprint density at radius 3 is 1.69 bits per heavy atom. The van der Waals surface area contributed by atoms with Crippen LogP contribution < -0.4 is 9.47 Å². The van der Waals surface area contributed by atoms with Gasteiger partial charge < -0.3 is 19.4 Å². The van der Waals surface area contributed by atoms with Gasteiger partial charge in [-0.05, 0) is 100 Å². The Bertz CT molecular complexity index is 1670. The molecule has 4 aromatic rings. The minimum absolute atomic E-state index is 0.696. The number of benzene rings is 1. The van der Waals surface area contributed by atoms with E-state index >= 15 is 0 Å². The van der Waals surface area contributed by atoms with E-state index in [0.717, 1.165) is 60.4 Å². The van der Waals surface area contributed by atoms with Gasteiger partial charge in [-0.2, -0.15) is 0 Å². The first-order chi connectivity index (χ1) is 17.1. The van der Waals surface area contributed by atoms with Gasteiger partial charge in [0.1, 0.15) is 16.0 Å². The van der Waals surface area contributed by atoms with Crippen LogP contribution in [0.25, 0.3) is 57.5 Å². The maximum absolute atomic E-state index is 5.58. The van der Waals surface area contributed by atoms with Crippen LogP contribution in [0.3, 0.4) is 0 Å². The number of halogens is 1. The van der Waals surface area contributed by atoms with Crippen molar-refractivity contribution in [2.75, 3.05) is 14.2 Å². The summed E-state index contributed by atoms with van der Waals surface area (Å²) in [7, 11) is 3.29. The van der Waals surface area contributed by atoms with Gasteiger partial charge in [-0.15, -0.1) is 0 Å². The van der Waals surface area contributed by atoms with Crippen molar-refractivity contribution in [1.82, 2.24) is 19.9 Å². The second-order valence-electron chi connectivity index (χ2n) is 8.28. The summed E-state index contributed by atoms with van der Waals surface area (Å²) >= 11 is 3.57. The first-order valence-electron chi connectivity index (χ1n) is 11.1. The highest BCUT2D eigenvalue weighted by Gasteiger charge is 2.14. The first kappa shape index (κ1) is 21.4. The lowest BCUT2D eigenvalue weighted by molar-refractivity contribution is 0.390. The summed E-state index contributed by atoms with van der Waals surface area (Å²) in [5.41, 5.74) is 9.33. The summed E-state index contributed by atoms with van der Waals surface area (Å²) < 4.78 is 11.9. The third kappa shape index (κ3) is 4.15. The van der Waals surface area contributed by atoms with Gasteiger partial charge in [0.15, 0.2) is 0 Å². The molecule has 2 aliphatic rings. The summed E-state index contributed by atoms with van der Waals surface area (Å²) in [6.07, 6.45) is 8.06. The van der Waals surface area contributed by atoms with Gasteiger partial charge in [0.25, 0.3) is 0 Å². The molecular formula is C28H21BrN4O2. The Labute approximate surface area is 210 Å². The van der Waals surface area contributed by atoms with Gasteiger partial charge in [0.2, 0.25) is 0 Å². The summed E-state index contributed by atoms with van der Waals surface area (Å²) in [6.45, 7) is 0. The van der Waals surface area contributed by atoms with Crippen molar-refractivity contribution in [3.8, 4) is 22.6 Å². The highest BCUT2D eigenvalue weighted by atomic mass is 79.9. The van der Waals surface area contributed by atoms with Crippen molar-refractivity contribution in [3.63, 3.8) is 0 Å². The van der Waals surface area contributed by atoms with E-state index in [0.29, 0.717) is 11.5 Å². The molecule has 0 amide bonds. The maximum atomic E-state index is 5.58. The third-order valence-corrected chi connectivity index (χ3v) is 6.71. The van der Waals surface area contributed by atoms with Crippen LogP contribution >= 0.6 is 15.9 Å². The van der Waals surface area contributed by atoms with E-state index in [1.165, 1.54) is 0 Å². The summed E-state index contributed by atoms with van der Waals surface area (Å²) in [5, 5.41) is 0. The van der Waals surface area contributed by atoms with Crippen molar-refractivity contribution in [1.29, 1.82) is 0 Å². The quantitative estimate of drug-likeness (QED) is 0.258. The van der Waals surface area contributed by atoms with Crippen LogP contribution in [0.4, 0.5) is 0 Å². The standard InChI is InChI=1S/C28H21BrN4O2/c1-34-26-9-16(10-27(35-2)28(26)29)24-14-23-13-21-6-5-19(31-21)11-17-3-4-18(30-17)12-20-7-8-22(32-20)15-25(24)33-23/h3-15,30,33H,1-2H3. The summed E-state index contributed by atoms with van der Waals surface area (Å²) in [4.78, 5) is 16.5. The Hall–Kier alpha value is -4.10.